The molecule has 248 valence electrons. The number of carbonyl (C=O) groups is 2. The van der Waals surface area contributed by atoms with Gasteiger partial charge in [0.2, 0.25) is 0 Å². The molecular weight excluding hydrogens is 593 g/mol. The fourth-order valence-corrected chi connectivity index (χ4v) is 4.80. The minimum atomic E-state index is -4.61. The van der Waals surface area contributed by atoms with Crippen molar-refractivity contribution in [3.8, 4) is 22.6 Å². The van der Waals surface area contributed by atoms with Gasteiger partial charge in [0.15, 0.2) is 6.10 Å². The summed E-state index contributed by atoms with van der Waals surface area (Å²) in [7, 11) is 0. The zero-order valence-corrected chi connectivity index (χ0v) is 26.8. The van der Waals surface area contributed by atoms with E-state index >= 15 is 0 Å². The largest absolute Gasteiger partial charge is 0.494 e. The molecule has 46 heavy (non-hydrogen) atoms. The number of unbranched alkanes of at least 4 members (excludes halogenated alkanes) is 8. The van der Waals surface area contributed by atoms with E-state index in [1.165, 1.54) is 63.2 Å². The second-order valence-electron chi connectivity index (χ2n) is 11.3. The first-order valence-electron chi connectivity index (χ1n) is 16.3. The zero-order chi connectivity index (χ0) is 33.2. The maximum atomic E-state index is 13.1. The van der Waals surface area contributed by atoms with E-state index in [0.29, 0.717) is 30.6 Å². The highest BCUT2D eigenvalue weighted by Crippen LogP contribution is 2.27. The summed E-state index contributed by atoms with van der Waals surface area (Å²) in [5.74, 6) is -0.483. The third kappa shape index (κ3) is 13.1. The molecule has 5 nitrogen and oxygen atoms in total. The van der Waals surface area contributed by atoms with Gasteiger partial charge in [-0.05, 0) is 78.4 Å². The van der Waals surface area contributed by atoms with Crippen LogP contribution in [-0.4, -0.2) is 30.8 Å². The number of carbonyl (C=O) groups excluding carboxylic acids is 2. The molecule has 0 N–H and O–H groups in total. The third-order valence-corrected chi connectivity index (χ3v) is 7.52. The van der Waals surface area contributed by atoms with E-state index in [2.05, 4.69) is 11.7 Å². The highest BCUT2D eigenvalue weighted by molar-refractivity contribution is 5.91. The molecule has 0 heterocycles. The molecule has 1 atom stereocenters. The summed E-state index contributed by atoms with van der Waals surface area (Å²) in [6, 6.07) is 21.2. The van der Waals surface area contributed by atoms with Crippen molar-refractivity contribution in [2.24, 2.45) is 0 Å². The maximum absolute atomic E-state index is 13.1. The molecule has 0 aliphatic rings. The van der Waals surface area contributed by atoms with E-state index < -0.39 is 24.2 Å². The van der Waals surface area contributed by atoms with Gasteiger partial charge in [0, 0.05) is 6.08 Å². The molecule has 3 aromatic rings. The fraction of sp³-hybridized carbons (Fsp3) is 0.421. The zero-order valence-electron chi connectivity index (χ0n) is 26.8. The predicted octanol–water partition coefficient (Wildman–Crippen LogP) is 10.8. The number of hydrogen-bond donors (Lipinski definition) is 0. The molecule has 0 aliphatic carbocycles. The number of alkyl halides is 3. The van der Waals surface area contributed by atoms with Crippen molar-refractivity contribution in [3.05, 3.63) is 90.0 Å². The first kappa shape index (κ1) is 36.4. The van der Waals surface area contributed by atoms with Crippen LogP contribution in [0, 0.1) is 0 Å². The first-order chi connectivity index (χ1) is 22.2. The van der Waals surface area contributed by atoms with Gasteiger partial charge < -0.3 is 14.2 Å². The quantitative estimate of drug-likeness (QED) is 0.0566. The van der Waals surface area contributed by atoms with E-state index in [-0.39, 0.29) is 12.2 Å². The molecule has 0 aromatic heterocycles. The number of benzene rings is 3. The Morgan fingerprint density at radius 3 is 1.83 bits per heavy atom. The van der Waals surface area contributed by atoms with Crippen molar-refractivity contribution < 1.29 is 37.0 Å². The Labute approximate surface area is 270 Å². The second kappa shape index (κ2) is 19.4. The summed E-state index contributed by atoms with van der Waals surface area (Å²) in [6.07, 6.45) is 6.22. The summed E-state index contributed by atoms with van der Waals surface area (Å²) < 4.78 is 55.2. The summed E-state index contributed by atoms with van der Waals surface area (Å²) >= 11 is 0. The Bertz CT molecular complexity index is 1350. The van der Waals surface area contributed by atoms with Crippen molar-refractivity contribution in [1.29, 1.82) is 0 Å². The lowest BCUT2D eigenvalue weighted by molar-refractivity contribution is -0.220. The van der Waals surface area contributed by atoms with Gasteiger partial charge >= 0.3 is 18.1 Å². The standard InChI is InChI=1S/C38H45F3O5/c1-3-5-7-8-9-10-11-12-28-44-33-25-21-31(22-26-33)30-17-19-32(20-18-30)37(43)45-34-23-14-29(15-24-34)16-27-36(42)46-35(13-6-4-2)38(39,40)41/h14-27,35H,3-13,28H2,1-2H3/t35-/m0/s1. The van der Waals surface area contributed by atoms with Gasteiger partial charge in [0.05, 0.1) is 12.2 Å². The van der Waals surface area contributed by atoms with Crippen LogP contribution in [0.1, 0.15) is 100 Å². The van der Waals surface area contributed by atoms with Crippen LogP contribution in [0.2, 0.25) is 0 Å². The highest BCUT2D eigenvalue weighted by Gasteiger charge is 2.41. The Morgan fingerprint density at radius 2 is 1.24 bits per heavy atom. The molecule has 0 saturated carbocycles. The van der Waals surface area contributed by atoms with Gasteiger partial charge in [-0.15, -0.1) is 0 Å². The highest BCUT2D eigenvalue weighted by atomic mass is 19.4. The SMILES string of the molecule is CCCCCCCCCCOc1ccc(-c2ccc(C(=O)Oc3ccc(C=CC(=O)O[C@@H](CCCC)C(F)(F)F)cc3)cc2)cc1. The van der Waals surface area contributed by atoms with Crippen LogP contribution < -0.4 is 9.47 Å². The molecule has 0 unspecified atom stereocenters. The van der Waals surface area contributed by atoms with Crippen LogP contribution in [0.4, 0.5) is 13.2 Å². The Hall–Kier alpha value is -4.07. The smallest absolute Gasteiger partial charge is 0.425 e. The predicted molar refractivity (Wildman–Crippen MR) is 176 cm³/mol. The van der Waals surface area contributed by atoms with Crippen molar-refractivity contribution >= 4 is 18.0 Å². The number of ether oxygens (including phenoxy) is 3. The normalized spacial score (nSPS) is 12.2. The first-order valence-corrected chi connectivity index (χ1v) is 16.3. The second-order valence-corrected chi connectivity index (χ2v) is 11.3. The topological polar surface area (TPSA) is 61.8 Å². The lowest BCUT2D eigenvalue weighted by Crippen LogP contribution is -2.33. The average Bonchev–Trinajstić information content (AvgIpc) is 3.05. The molecule has 0 amide bonds. The number of hydrogen-bond acceptors (Lipinski definition) is 5. The fourth-order valence-electron chi connectivity index (χ4n) is 4.80. The number of esters is 2. The molecule has 0 radical (unpaired) electrons. The molecule has 0 saturated heterocycles. The van der Waals surface area contributed by atoms with Gasteiger partial charge in [0.25, 0.3) is 0 Å². The van der Waals surface area contributed by atoms with Crippen LogP contribution in [0.5, 0.6) is 11.5 Å². The number of rotatable bonds is 19. The van der Waals surface area contributed by atoms with Gasteiger partial charge in [-0.3, -0.25) is 0 Å². The summed E-state index contributed by atoms with van der Waals surface area (Å²) in [5.41, 5.74) is 2.86. The van der Waals surface area contributed by atoms with Gasteiger partial charge in [-0.2, -0.15) is 13.2 Å². The molecule has 0 aliphatic heterocycles. The molecule has 0 spiro atoms. The summed E-state index contributed by atoms with van der Waals surface area (Å²) in [4.78, 5) is 24.6. The van der Waals surface area contributed by atoms with Crippen molar-refractivity contribution in [3.63, 3.8) is 0 Å². The Morgan fingerprint density at radius 1 is 0.696 bits per heavy atom. The van der Waals surface area contributed by atoms with Crippen molar-refractivity contribution in [1.82, 2.24) is 0 Å². The number of halogens is 3. The minimum Gasteiger partial charge on any atom is -0.494 e. The van der Waals surface area contributed by atoms with E-state index in [4.69, 9.17) is 9.47 Å². The lowest BCUT2D eigenvalue weighted by Gasteiger charge is -2.19. The van der Waals surface area contributed by atoms with E-state index in [1.807, 2.05) is 36.4 Å². The molecule has 0 bridgehead atoms. The van der Waals surface area contributed by atoms with E-state index in [9.17, 15) is 22.8 Å². The lowest BCUT2D eigenvalue weighted by atomic mass is 10.0. The van der Waals surface area contributed by atoms with Gasteiger partial charge in [-0.1, -0.05) is 102 Å². The third-order valence-electron chi connectivity index (χ3n) is 7.52. The van der Waals surface area contributed by atoms with Gasteiger partial charge in [0.1, 0.15) is 11.5 Å². The Balaban J connectivity index is 1.44. The molecule has 0 fully saturated rings. The van der Waals surface area contributed by atoms with Crippen LogP contribution in [0.25, 0.3) is 17.2 Å². The minimum absolute atomic E-state index is 0.273. The van der Waals surface area contributed by atoms with Crippen molar-refractivity contribution in [2.45, 2.75) is 96.8 Å². The van der Waals surface area contributed by atoms with Crippen LogP contribution >= 0.6 is 0 Å². The van der Waals surface area contributed by atoms with Crippen LogP contribution in [-0.2, 0) is 9.53 Å². The van der Waals surface area contributed by atoms with E-state index in [1.54, 1.807) is 31.2 Å². The summed E-state index contributed by atoms with van der Waals surface area (Å²) in [6.45, 7) is 4.71. The van der Waals surface area contributed by atoms with Gasteiger partial charge in [-0.25, -0.2) is 9.59 Å². The molecule has 8 heteroatoms. The maximum Gasteiger partial charge on any atom is 0.425 e. The molecular formula is C38H45F3O5. The molecule has 3 aromatic carbocycles. The average molecular weight is 639 g/mol. The Kier molecular flexibility index (Phi) is 15.4. The van der Waals surface area contributed by atoms with E-state index in [0.717, 1.165) is 29.4 Å². The summed E-state index contributed by atoms with van der Waals surface area (Å²) in [5, 5.41) is 0. The van der Waals surface area contributed by atoms with Crippen molar-refractivity contribution in [2.75, 3.05) is 6.61 Å². The van der Waals surface area contributed by atoms with Crippen LogP contribution in [0.3, 0.4) is 0 Å². The molecule has 3 rings (SSSR count). The monoisotopic (exact) mass is 638 g/mol. The van der Waals surface area contributed by atoms with Crippen LogP contribution in [0.15, 0.2) is 78.9 Å².